The number of non-ortho nitro benzene ring substituents is 1. The van der Waals surface area contributed by atoms with E-state index in [1.165, 1.54) is 18.2 Å². The van der Waals surface area contributed by atoms with E-state index in [2.05, 4.69) is 15.6 Å². The monoisotopic (exact) mass is 477 g/mol. The lowest BCUT2D eigenvalue weighted by molar-refractivity contribution is -0.384. The third-order valence-corrected chi connectivity index (χ3v) is 5.45. The number of carbonyl (C=O) groups excluding carboxylic acids is 2. The second kappa shape index (κ2) is 9.37. The molecule has 1 aliphatic rings. The van der Waals surface area contributed by atoms with Crippen LogP contribution in [-0.4, -0.2) is 38.1 Å². The lowest BCUT2D eigenvalue weighted by Gasteiger charge is -2.30. The van der Waals surface area contributed by atoms with Crippen molar-refractivity contribution >= 4 is 28.7 Å². The molecule has 1 aliphatic heterocycles. The predicted molar refractivity (Wildman–Crippen MR) is 125 cm³/mol. The molecule has 1 aromatic heterocycles. The molecule has 0 amide bonds. The Hall–Kier alpha value is -4.54. The minimum absolute atomic E-state index is 0.0892. The van der Waals surface area contributed by atoms with Crippen molar-refractivity contribution in [3.05, 3.63) is 86.7 Å². The summed E-state index contributed by atoms with van der Waals surface area (Å²) in [5, 5.41) is 22.4. The molecular weight excluding hydrogens is 454 g/mol. The number of carbonyl (C=O) groups is 2. The molecule has 0 saturated carbocycles. The number of dihydropyridines is 1. The van der Waals surface area contributed by atoms with Crippen molar-refractivity contribution in [2.75, 3.05) is 0 Å². The van der Waals surface area contributed by atoms with E-state index in [0.717, 1.165) is 4.85 Å². The Morgan fingerprint density at radius 1 is 1.06 bits per heavy atom. The molecule has 4 rings (SSSR count). The van der Waals surface area contributed by atoms with Gasteiger partial charge in [0.05, 0.1) is 28.1 Å². The number of allylic oxidation sites excluding steroid dienone is 2. The number of aromatic nitrogens is 3. The van der Waals surface area contributed by atoms with Gasteiger partial charge in [-0.25, -0.2) is 9.59 Å². The minimum atomic E-state index is -0.982. The Morgan fingerprint density at radius 2 is 1.74 bits per heavy atom. The molecule has 0 fully saturated rings. The fourth-order valence-electron chi connectivity index (χ4n) is 4.01. The fraction of sp³-hybridized carbons (Fsp3) is 0.250. The molecule has 0 aliphatic carbocycles. The van der Waals surface area contributed by atoms with Crippen LogP contribution in [0.3, 0.4) is 0 Å². The van der Waals surface area contributed by atoms with Crippen LogP contribution < -0.4 is 10.2 Å². The van der Waals surface area contributed by atoms with E-state index in [9.17, 15) is 19.7 Å². The molecule has 0 bridgehead atoms. The van der Waals surface area contributed by atoms with Gasteiger partial charge in [-0.15, -0.1) is 5.10 Å². The second-order valence-corrected chi connectivity index (χ2v) is 8.27. The molecule has 1 N–H and O–H groups in total. The highest BCUT2D eigenvalue weighted by molar-refractivity contribution is 6.00. The summed E-state index contributed by atoms with van der Waals surface area (Å²) in [6.45, 7) is 6.75. The smallest absolute Gasteiger partial charge is 0.364 e. The molecular formula is C24H23N5O6. The van der Waals surface area contributed by atoms with Crippen molar-refractivity contribution in [1.82, 2.24) is 20.5 Å². The summed E-state index contributed by atoms with van der Waals surface area (Å²) in [4.78, 5) is 44.1. The van der Waals surface area contributed by atoms with E-state index in [1.54, 1.807) is 58.0 Å². The summed E-state index contributed by atoms with van der Waals surface area (Å²) in [5.74, 6) is -2.43. The number of benzene rings is 2. The van der Waals surface area contributed by atoms with Crippen molar-refractivity contribution in [1.29, 1.82) is 0 Å². The van der Waals surface area contributed by atoms with Gasteiger partial charge in [-0.1, -0.05) is 29.1 Å². The van der Waals surface area contributed by atoms with Crippen molar-refractivity contribution in [3.63, 3.8) is 0 Å². The van der Waals surface area contributed by atoms with Crippen LogP contribution in [0.1, 0.15) is 39.2 Å². The summed E-state index contributed by atoms with van der Waals surface area (Å²) in [6.07, 6.45) is -0.419. The highest BCUT2D eigenvalue weighted by atomic mass is 16.7. The summed E-state index contributed by atoms with van der Waals surface area (Å²) in [5.41, 5.74) is 2.32. The summed E-state index contributed by atoms with van der Waals surface area (Å²) >= 11 is 0. The molecule has 11 heteroatoms. The first-order valence-electron chi connectivity index (χ1n) is 10.8. The van der Waals surface area contributed by atoms with Gasteiger partial charge < -0.3 is 14.9 Å². The number of esters is 1. The van der Waals surface area contributed by atoms with Crippen LogP contribution in [0, 0.1) is 10.1 Å². The Labute approximate surface area is 200 Å². The normalized spacial score (nSPS) is 15.9. The van der Waals surface area contributed by atoms with Gasteiger partial charge >= 0.3 is 11.9 Å². The maximum Gasteiger partial charge on any atom is 0.364 e. The SMILES string of the molecule is CC1=C(C(=O)OC(C)C)C(c2cccc([N+](=O)[O-])c2)C(C(=O)On2nnc3ccccc32)=C(C)N1. The predicted octanol–water partition coefficient (Wildman–Crippen LogP) is 3.18. The van der Waals surface area contributed by atoms with Gasteiger partial charge in [0.2, 0.25) is 0 Å². The first-order chi connectivity index (χ1) is 16.7. The number of nitrogens with zero attached hydrogens (tertiary/aromatic N) is 4. The van der Waals surface area contributed by atoms with Gasteiger partial charge in [0.25, 0.3) is 5.69 Å². The third kappa shape index (κ3) is 4.60. The van der Waals surface area contributed by atoms with E-state index in [4.69, 9.17) is 9.57 Å². The molecule has 3 aromatic rings. The Balaban J connectivity index is 1.82. The molecule has 0 spiro atoms. The van der Waals surface area contributed by atoms with Crippen molar-refractivity contribution < 1.29 is 24.1 Å². The number of nitro groups is 1. The zero-order valence-corrected chi connectivity index (χ0v) is 19.5. The second-order valence-electron chi connectivity index (χ2n) is 8.27. The lowest BCUT2D eigenvalue weighted by Crippen LogP contribution is -2.35. The maximum absolute atomic E-state index is 13.5. The molecule has 2 aromatic carbocycles. The van der Waals surface area contributed by atoms with Crippen molar-refractivity contribution in [3.8, 4) is 0 Å². The first-order valence-corrected chi connectivity index (χ1v) is 10.8. The maximum atomic E-state index is 13.5. The number of nitrogens with one attached hydrogen (secondary N) is 1. The van der Waals surface area contributed by atoms with E-state index < -0.39 is 28.9 Å². The van der Waals surface area contributed by atoms with Crippen LogP contribution in [0.25, 0.3) is 11.0 Å². The first kappa shape index (κ1) is 23.6. The van der Waals surface area contributed by atoms with Crippen molar-refractivity contribution in [2.24, 2.45) is 0 Å². The Kier molecular flexibility index (Phi) is 6.32. The quantitative estimate of drug-likeness (QED) is 0.245. The average Bonchev–Trinajstić information content (AvgIpc) is 3.20. The van der Waals surface area contributed by atoms with Crippen LogP contribution in [-0.2, 0) is 14.3 Å². The van der Waals surface area contributed by atoms with Crippen LogP contribution in [0.15, 0.2) is 71.1 Å². The molecule has 11 nitrogen and oxygen atoms in total. The number of ether oxygens (including phenoxy) is 1. The summed E-state index contributed by atoms with van der Waals surface area (Å²) in [7, 11) is 0. The molecule has 1 unspecified atom stereocenters. The van der Waals surface area contributed by atoms with Gasteiger partial charge in [-0.2, -0.15) is 0 Å². The number of rotatable bonds is 6. The van der Waals surface area contributed by atoms with Gasteiger partial charge in [0, 0.05) is 23.5 Å². The Bertz CT molecular complexity index is 1400. The number of hydrogen-bond acceptors (Lipinski definition) is 9. The molecule has 2 heterocycles. The molecule has 0 saturated heterocycles. The van der Waals surface area contributed by atoms with Crippen LogP contribution in [0.4, 0.5) is 5.69 Å². The Morgan fingerprint density at radius 3 is 2.43 bits per heavy atom. The standard InChI is InChI=1S/C24H23N5O6/c1-13(2)34-23(30)20-14(3)25-15(4)21(22(20)16-8-7-9-17(12-16)29(32)33)24(31)35-28-19-11-6-5-10-18(19)26-27-28/h5-13,22,25H,1-4H3. The number of fused-ring (bicyclic) bond motifs is 1. The van der Waals surface area contributed by atoms with E-state index in [-0.39, 0.29) is 16.8 Å². The van der Waals surface area contributed by atoms with E-state index in [1.807, 2.05) is 0 Å². The largest absolute Gasteiger partial charge is 0.460 e. The zero-order valence-electron chi connectivity index (χ0n) is 19.5. The topological polar surface area (TPSA) is 138 Å². The van der Waals surface area contributed by atoms with Crippen molar-refractivity contribution in [2.45, 2.75) is 39.7 Å². The number of hydrogen-bond donors (Lipinski definition) is 1. The fourth-order valence-corrected chi connectivity index (χ4v) is 4.01. The van der Waals surface area contributed by atoms with E-state index >= 15 is 0 Å². The molecule has 180 valence electrons. The molecule has 35 heavy (non-hydrogen) atoms. The zero-order chi connectivity index (χ0) is 25.3. The van der Waals surface area contributed by atoms with Crippen LogP contribution in [0.5, 0.6) is 0 Å². The third-order valence-electron chi connectivity index (χ3n) is 5.45. The van der Waals surface area contributed by atoms with Crippen LogP contribution in [0.2, 0.25) is 0 Å². The molecule has 1 atom stereocenters. The lowest BCUT2D eigenvalue weighted by atomic mass is 9.80. The highest BCUT2D eigenvalue weighted by Gasteiger charge is 2.39. The molecule has 0 radical (unpaired) electrons. The average molecular weight is 477 g/mol. The summed E-state index contributed by atoms with van der Waals surface area (Å²) in [6, 6.07) is 12.7. The van der Waals surface area contributed by atoms with Gasteiger partial charge in [0.15, 0.2) is 0 Å². The van der Waals surface area contributed by atoms with Gasteiger partial charge in [0.1, 0.15) is 11.0 Å². The van der Waals surface area contributed by atoms with Gasteiger partial charge in [-0.3, -0.25) is 10.1 Å². The number of para-hydroxylation sites is 1. The van der Waals surface area contributed by atoms with Gasteiger partial charge in [-0.05, 0) is 50.6 Å². The van der Waals surface area contributed by atoms with Crippen LogP contribution >= 0.6 is 0 Å². The minimum Gasteiger partial charge on any atom is -0.460 e. The van der Waals surface area contributed by atoms with E-state index in [0.29, 0.717) is 28.0 Å². The highest BCUT2D eigenvalue weighted by Crippen LogP contribution is 2.40. The number of nitro benzene ring substituents is 1. The summed E-state index contributed by atoms with van der Waals surface area (Å²) < 4.78 is 5.44.